The van der Waals surface area contributed by atoms with Crippen molar-refractivity contribution in [3.63, 3.8) is 0 Å². The summed E-state index contributed by atoms with van der Waals surface area (Å²) in [5.74, 6) is 0. The van der Waals surface area contributed by atoms with Gasteiger partial charge in [0.15, 0.2) is 0 Å². The molecule has 1 aliphatic heterocycles. The van der Waals surface area contributed by atoms with Crippen molar-refractivity contribution >= 4 is 12.4 Å². The highest BCUT2D eigenvalue weighted by molar-refractivity contribution is 5.69. The lowest BCUT2D eigenvalue weighted by Gasteiger charge is -2.26. The van der Waals surface area contributed by atoms with E-state index in [4.69, 9.17) is 4.74 Å². The molecule has 0 N–H and O–H groups in total. The van der Waals surface area contributed by atoms with Crippen LogP contribution < -0.4 is 0 Å². The van der Waals surface area contributed by atoms with E-state index in [-0.39, 0.29) is 18.2 Å². The molecule has 1 rings (SSSR count). The zero-order chi connectivity index (χ0) is 10.6. The number of carbonyl (C=O) groups excluding carboxylic acids is 2. The molecule has 1 aliphatic rings. The second-order valence-corrected chi connectivity index (χ2v) is 3.59. The molecule has 0 spiro atoms. The molecule has 1 fully saturated rings. The summed E-state index contributed by atoms with van der Waals surface area (Å²) in [4.78, 5) is 23.6. The smallest absolute Gasteiger partial charge is 0.410 e. The normalized spacial score (nSPS) is 26.3. The predicted octanol–water partition coefficient (Wildman–Crippen LogP) is 1.58. The summed E-state index contributed by atoms with van der Waals surface area (Å²) in [6.45, 7) is 4.16. The summed E-state index contributed by atoms with van der Waals surface area (Å²) in [5.41, 5.74) is 0. The van der Waals surface area contributed by atoms with Crippen molar-refractivity contribution in [2.45, 2.75) is 45.2 Å². The van der Waals surface area contributed by atoms with Crippen molar-refractivity contribution in [3.05, 3.63) is 0 Å². The Hall–Kier alpha value is -1.06. The van der Waals surface area contributed by atoms with Gasteiger partial charge in [0, 0.05) is 18.5 Å². The van der Waals surface area contributed by atoms with Gasteiger partial charge in [-0.05, 0) is 26.7 Å². The van der Waals surface area contributed by atoms with Gasteiger partial charge in [-0.1, -0.05) is 0 Å². The molecule has 1 saturated heterocycles. The number of ether oxygens (including phenoxy) is 1. The summed E-state index contributed by atoms with van der Waals surface area (Å²) in [6, 6.07) is 0.237. The van der Waals surface area contributed by atoms with E-state index in [0.29, 0.717) is 13.0 Å². The quantitative estimate of drug-likeness (QED) is 0.648. The minimum absolute atomic E-state index is 0.0431. The standard InChI is InChI=1S/C10H17NO3/c1-3-14-10(13)11-8(2)4-5-9(11)6-7-12/h7-9H,3-6H2,1-2H3. The number of likely N-dealkylation sites (tertiary alicyclic amines) is 1. The second-order valence-electron chi connectivity index (χ2n) is 3.59. The first-order chi connectivity index (χ1) is 6.70. The highest BCUT2D eigenvalue weighted by Crippen LogP contribution is 2.26. The van der Waals surface area contributed by atoms with E-state index in [1.165, 1.54) is 0 Å². The zero-order valence-electron chi connectivity index (χ0n) is 8.73. The summed E-state index contributed by atoms with van der Waals surface area (Å²) in [7, 11) is 0. The molecule has 2 unspecified atom stereocenters. The second kappa shape index (κ2) is 4.98. The third-order valence-electron chi connectivity index (χ3n) is 2.63. The fourth-order valence-corrected chi connectivity index (χ4v) is 1.94. The third kappa shape index (κ3) is 2.25. The first kappa shape index (κ1) is 11.0. The van der Waals surface area contributed by atoms with Crippen molar-refractivity contribution in [2.24, 2.45) is 0 Å². The summed E-state index contributed by atoms with van der Waals surface area (Å²) in [5, 5.41) is 0. The molecular weight excluding hydrogens is 182 g/mol. The molecule has 0 bridgehead atoms. The van der Waals surface area contributed by atoms with Gasteiger partial charge in [-0.25, -0.2) is 4.79 Å². The lowest BCUT2D eigenvalue weighted by molar-refractivity contribution is -0.108. The fraction of sp³-hybridized carbons (Fsp3) is 0.800. The Balaban J connectivity index is 2.60. The number of aldehydes is 1. The number of hydrogen-bond acceptors (Lipinski definition) is 3. The summed E-state index contributed by atoms with van der Waals surface area (Å²) >= 11 is 0. The molecule has 0 saturated carbocycles. The molecule has 4 nitrogen and oxygen atoms in total. The lowest BCUT2D eigenvalue weighted by Crippen LogP contribution is -2.40. The average Bonchev–Trinajstić information content (AvgIpc) is 2.48. The van der Waals surface area contributed by atoms with Gasteiger partial charge in [0.2, 0.25) is 0 Å². The Morgan fingerprint density at radius 3 is 2.86 bits per heavy atom. The molecule has 0 radical (unpaired) electrons. The van der Waals surface area contributed by atoms with E-state index in [9.17, 15) is 9.59 Å². The van der Waals surface area contributed by atoms with Crippen LogP contribution in [0.5, 0.6) is 0 Å². The molecule has 14 heavy (non-hydrogen) atoms. The molecule has 4 heteroatoms. The predicted molar refractivity (Wildman–Crippen MR) is 52.0 cm³/mol. The highest BCUT2D eigenvalue weighted by Gasteiger charge is 2.34. The molecule has 0 aromatic heterocycles. The topological polar surface area (TPSA) is 46.6 Å². The SMILES string of the molecule is CCOC(=O)N1C(C)CCC1CC=O. The van der Waals surface area contributed by atoms with E-state index < -0.39 is 0 Å². The average molecular weight is 199 g/mol. The van der Waals surface area contributed by atoms with Gasteiger partial charge in [0.25, 0.3) is 0 Å². The fourth-order valence-electron chi connectivity index (χ4n) is 1.94. The van der Waals surface area contributed by atoms with Crippen LogP contribution in [-0.4, -0.2) is 36.0 Å². The van der Waals surface area contributed by atoms with Gasteiger partial charge in [0.05, 0.1) is 6.61 Å². The van der Waals surface area contributed by atoms with Crippen LogP contribution in [-0.2, 0) is 9.53 Å². The summed E-state index contributed by atoms with van der Waals surface area (Å²) < 4.78 is 4.94. The van der Waals surface area contributed by atoms with E-state index in [0.717, 1.165) is 19.1 Å². The molecule has 0 aromatic carbocycles. The van der Waals surface area contributed by atoms with Gasteiger partial charge < -0.3 is 14.4 Å². The Morgan fingerprint density at radius 1 is 1.57 bits per heavy atom. The largest absolute Gasteiger partial charge is 0.450 e. The minimum Gasteiger partial charge on any atom is -0.450 e. The first-order valence-corrected chi connectivity index (χ1v) is 5.09. The van der Waals surface area contributed by atoms with E-state index >= 15 is 0 Å². The molecule has 0 aromatic rings. The molecule has 2 atom stereocenters. The number of hydrogen-bond donors (Lipinski definition) is 0. The number of nitrogens with zero attached hydrogens (tertiary/aromatic N) is 1. The van der Waals surface area contributed by atoms with Crippen molar-refractivity contribution < 1.29 is 14.3 Å². The maximum atomic E-state index is 11.5. The van der Waals surface area contributed by atoms with Crippen LogP contribution in [0.25, 0.3) is 0 Å². The lowest BCUT2D eigenvalue weighted by atomic mass is 10.1. The van der Waals surface area contributed by atoms with Crippen LogP contribution in [0.4, 0.5) is 4.79 Å². The monoisotopic (exact) mass is 199 g/mol. The maximum Gasteiger partial charge on any atom is 0.410 e. The van der Waals surface area contributed by atoms with E-state index in [1.807, 2.05) is 6.92 Å². The van der Waals surface area contributed by atoms with Gasteiger partial charge in [0.1, 0.15) is 6.29 Å². The third-order valence-corrected chi connectivity index (χ3v) is 2.63. The van der Waals surface area contributed by atoms with Gasteiger partial charge in [-0.2, -0.15) is 0 Å². The van der Waals surface area contributed by atoms with Crippen LogP contribution in [0, 0.1) is 0 Å². The summed E-state index contributed by atoms with van der Waals surface area (Å²) in [6.07, 6.45) is 2.86. The molecule has 1 heterocycles. The molecule has 0 aliphatic carbocycles. The Morgan fingerprint density at radius 2 is 2.29 bits per heavy atom. The molecule has 1 amide bonds. The molecular formula is C10H17NO3. The van der Waals surface area contributed by atoms with Crippen LogP contribution in [0.15, 0.2) is 0 Å². The van der Waals surface area contributed by atoms with Gasteiger partial charge >= 0.3 is 6.09 Å². The highest BCUT2D eigenvalue weighted by atomic mass is 16.6. The molecule has 80 valence electrons. The number of carbonyl (C=O) groups is 2. The van der Waals surface area contributed by atoms with E-state index in [1.54, 1.807) is 11.8 Å². The van der Waals surface area contributed by atoms with Crippen molar-refractivity contribution in [1.29, 1.82) is 0 Å². The van der Waals surface area contributed by atoms with Gasteiger partial charge in [-0.3, -0.25) is 0 Å². The Kier molecular flexibility index (Phi) is 3.92. The van der Waals surface area contributed by atoms with Crippen LogP contribution in [0.2, 0.25) is 0 Å². The van der Waals surface area contributed by atoms with Crippen LogP contribution >= 0.6 is 0 Å². The Bertz CT molecular complexity index is 217. The minimum atomic E-state index is -0.288. The van der Waals surface area contributed by atoms with Crippen molar-refractivity contribution in [3.8, 4) is 0 Å². The first-order valence-electron chi connectivity index (χ1n) is 5.09. The number of amides is 1. The Labute approximate surface area is 84.2 Å². The van der Waals surface area contributed by atoms with Crippen molar-refractivity contribution in [1.82, 2.24) is 4.90 Å². The van der Waals surface area contributed by atoms with Crippen LogP contribution in [0.3, 0.4) is 0 Å². The van der Waals surface area contributed by atoms with Crippen molar-refractivity contribution in [2.75, 3.05) is 6.61 Å². The number of rotatable bonds is 3. The van der Waals surface area contributed by atoms with Crippen LogP contribution in [0.1, 0.15) is 33.1 Å². The van der Waals surface area contributed by atoms with E-state index in [2.05, 4.69) is 0 Å². The zero-order valence-corrected chi connectivity index (χ0v) is 8.73. The maximum absolute atomic E-state index is 11.5. The van der Waals surface area contributed by atoms with Gasteiger partial charge in [-0.15, -0.1) is 0 Å².